The van der Waals surface area contributed by atoms with Crippen molar-refractivity contribution in [2.75, 3.05) is 6.61 Å². The third-order valence-corrected chi connectivity index (χ3v) is 2.37. The first-order valence-electron chi connectivity index (χ1n) is 6.28. The number of aliphatic carboxylic acids is 1. The molecule has 0 aromatic carbocycles. The lowest BCUT2D eigenvalue weighted by Gasteiger charge is -1.97. The molecule has 0 unspecified atom stereocenters. The molecule has 0 amide bonds. The van der Waals surface area contributed by atoms with Crippen molar-refractivity contribution in [1.29, 1.82) is 5.26 Å². The lowest BCUT2D eigenvalue weighted by atomic mass is 10.3. The number of alkyl halides is 3. The summed E-state index contributed by atoms with van der Waals surface area (Å²) >= 11 is 0. The number of hydrogen-bond donors (Lipinski definition) is 2. The lowest BCUT2D eigenvalue weighted by Crippen LogP contribution is -2.38. The van der Waals surface area contributed by atoms with Crippen molar-refractivity contribution in [3.05, 3.63) is 36.4 Å². The van der Waals surface area contributed by atoms with Gasteiger partial charge in [-0.3, -0.25) is 0 Å². The van der Waals surface area contributed by atoms with Crippen LogP contribution in [0.4, 0.5) is 13.2 Å². The Kier molecular flexibility index (Phi) is 6.69. The fourth-order valence-corrected chi connectivity index (χ4v) is 1.31. The molecular formula is C13H11F3N5O3+. The van der Waals surface area contributed by atoms with E-state index in [1.54, 1.807) is 29.2 Å². The van der Waals surface area contributed by atoms with E-state index in [-0.39, 0.29) is 6.61 Å². The average molecular weight is 342 g/mol. The minimum absolute atomic E-state index is 0.0391. The van der Waals surface area contributed by atoms with E-state index in [1.807, 2.05) is 6.07 Å². The molecule has 8 nitrogen and oxygen atoms in total. The van der Waals surface area contributed by atoms with Crippen LogP contribution in [0.5, 0.6) is 0 Å². The standard InChI is InChI=1S/C11H10N5O.C2HF3O2/c12-7-10-1-3-13-11(15-10)9-2-4-16(5-6-17)14-8-9;3-2(4,5)1(6)7/h1-4,8,17H,5-6H2;(H,6,7)/q+1;. The molecular weight excluding hydrogens is 331 g/mol. The summed E-state index contributed by atoms with van der Waals surface area (Å²) < 4.78 is 33.3. The van der Waals surface area contributed by atoms with Crippen LogP contribution in [-0.4, -0.2) is 44.0 Å². The first-order valence-corrected chi connectivity index (χ1v) is 6.28. The monoisotopic (exact) mass is 342 g/mol. The Hall–Kier alpha value is -3.13. The minimum Gasteiger partial charge on any atom is -0.475 e. The SMILES string of the molecule is N#Cc1ccnc(-c2cc[n+](CCO)nc2)n1.O=C(O)C(F)(F)F. The van der Waals surface area contributed by atoms with Gasteiger partial charge in [-0.2, -0.15) is 18.4 Å². The topological polar surface area (TPSA) is 124 Å². The summed E-state index contributed by atoms with van der Waals surface area (Å²) in [5.41, 5.74) is 1.05. The van der Waals surface area contributed by atoms with Crippen LogP contribution >= 0.6 is 0 Å². The summed E-state index contributed by atoms with van der Waals surface area (Å²) in [5.74, 6) is -2.29. The zero-order valence-electron chi connectivity index (χ0n) is 12.0. The van der Waals surface area contributed by atoms with Crippen molar-refractivity contribution < 1.29 is 32.9 Å². The molecule has 2 aromatic heterocycles. The number of aromatic nitrogens is 4. The van der Waals surface area contributed by atoms with Gasteiger partial charge in [-0.15, -0.1) is 0 Å². The Labute approximate surface area is 133 Å². The highest BCUT2D eigenvalue weighted by Crippen LogP contribution is 2.13. The van der Waals surface area contributed by atoms with Gasteiger partial charge in [0, 0.05) is 17.8 Å². The molecule has 0 radical (unpaired) electrons. The molecule has 2 N–H and O–H groups in total. The number of hydrogen-bond acceptors (Lipinski definition) is 6. The van der Waals surface area contributed by atoms with Crippen LogP contribution in [0, 0.1) is 11.3 Å². The smallest absolute Gasteiger partial charge is 0.475 e. The Morgan fingerprint density at radius 3 is 2.50 bits per heavy atom. The number of aliphatic hydroxyl groups is 1. The summed E-state index contributed by atoms with van der Waals surface area (Å²) in [4.78, 5) is 17.0. The van der Waals surface area contributed by atoms with E-state index in [4.69, 9.17) is 20.3 Å². The maximum absolute atomic E-state index is 10.6. The molecule has 0 aliphatic heterocycles. The van der Waals surface area contributed by atoms with Crippen LogP contribution in [0.3, 0.4) is 0 Å². The van der Waals surface area contributed by atoms with Crippen LogP contribution < -0.4 is 4.68 Å². The molecule has 126 valence electrons. The van der Waals surface area contributed by atoms with Crippen LogP contribution in [0.2, 0.25) is 0 Å². The number of rotatable bonds is 3. The van der Waals surface area contributed by atoms with E-state index in [1.165, 1.54) is 6.20 Å². The Morgan fingerprint density at radius 1 is 1.38 bits per heavy atom. The van der Waals surface area contributed by atoms with Crippen LogP contribution in [0.25, 0.3) is 11.4 Å². The predicted octanol–water partition coefficient (Wildman–Crippen LogP) is 0.323. The third kappa shape index (κ3) is 5.93. The number of nitriles is 1. The highest BCUT2D eigenvalue weighted by Gasteiger charge is 2.38. The molecule has 0 saturated heterocycles. The van der Waals surface area contributed by atoms with Crippen LogP contribution in [0.1, 0.15) is 5.69 Å². The van der Waals surface area contributed by atoms with Gasteiger partial charge in [-0.25, -0.2) is 14.8 Å². The second kappa shape index (κ2) is 8.49. The number of nitrogens with zero attached hydrogens (tertiary/aromatic N) is 5. The summed E-state index contributed by atoms with van der Waals surface area (Å²) in [5, 5.41) is 28.7. The summed E-state index contributed by atoms with van der Waals surface area (Å²) in [6.45, 7) is 0.483. The van der Waals surface area contributed by atoms with Gasteiger partial charge in [0.25, 0.3) is 0 Å². The molecule has 2 rings (SSSR count). The maximum Gasteiger partial charge on any atom is 0.490 e. The molecule has 0 atom stereocenters. The summed E-state index contributed by atoms with van der Waals surface area (Å²) in [7, 11) is 0. The fourth-order valence-electron chi connectivity index (χ4n) is 1.31. The van der Waals surface area contributed by atoms with Gasteiger partial charge < -0.3 is 10.2 Å². The zero-order chi connectivity index (χ0) is 18.2. The van der Waals surface area contributed by atoms with Gasteiger partial charge in [0.2, 0.25) is 0 Å². The van der Waals surface area contributed by atoms with Gasteiger partial charge in [0.15, 0.2) is 18.6 Å². The van der Waals surface area contributed by atoms with E-state index in [9.17, 15) is 13.2 Å². The van der Waals surface area contributed by atoms with Gasteiger partial charge in [-0.1, -0.05) is 4.68 Å². The molecule has 0 aliphatic rings. The van der Waals surface area contributed by atoms with E-state index >= 15 is 0 Å². The van der Waals surface area contributed by atoms with Crippen molar-refractivity contribution in [3.8, 4) is 17.5 Å². The lowest BCUT2D eigenvalue weighted by molar-refractivity contribution is -0.754. The Bertz CT molecular complexity index is 729. The van der Waals surface area contributed by atoms with Crippen molar-refractivity contribution in [2.45, 2.75) is 12.7 Å². The van der Waals surface area contributed by atoms with Gasteiger partial charge in [0.1, 0.15) is 24.6 Å². The highest BCUT2D eigenvalue weighted by atomic mass is 19.4. The van der Waals surface area contributed by atoms with E-state index in [0.29, 0.717) is 18.1 Å². The third-order valence-electron chi connectivity index (χ3n) is 2.37. The molecule has 0 fully saturated rings. The molecule has 2 heterocycles. The van der Waals surface area contributed by atoms with Crippen LogP contribution in [0.15, 0.2) is 30.7 Å². The Morgan fingerprint density at radius 2 is 2.04 bits per heavy atom. The fraction of sp³-hybridized carbons (Fsp3) is 0.231. The molecule has 0 aliphatic carbocycles. The molecule has 0 spiro atoms. The second-order valence-electron chi connectivity index (χ2n) is 4.08. The molecule has 2 aromatic rings. The minimum atomic E-state index is -5.08. The number of halogens is 3. The highest BCUT2D eigenvalue weighted by molar-refractivity contribution is 5.73. The second-order valence-corrected chi connectivity index (χ2v) is 4.08. The molecule has 0 saturated carbocycles. The van der Waals surface area contributed by atoms with E-state index < -0.39 is 12.1 Å². The van der Waals surface area contributed by atoms with Crippen molar-refractivity contribution in [2.24, 2.45) is 0 Å². The summed E-state index contributed by atoms with van der Waals surface area (Å²) in [6, 6.07) is 5.30. The van der Waals surface area contributed by atoms with Crippen molar-refractivity contribution in [3.63, 3.8) is 0 Å². The number of aliphatic hydroxyl groups excluding tert-OH is 1. The molecule has 0 bridgehead atoms. The first-order chi connectivity index (χ1) is 11.3. The van der Waals surface area contributed by atoms with E-state index in [0.717, 1.165) is 5.56 Å². The van der Waals surface area contributed by atoms with Crippen molar-refractivity contribution >= 4 is 5.97 Å². The predicted molar refractivity (Wildman–Crippen MR) is 70.9 cm³/mol. The Balaban J connectivity index is 0.000000351. The molecule has 11 heteroatoms. The van der Waals surface area contributed by atoms with Gasteiger partial charge in [-0.05, 0) is 11.2 Å². The zero-order valence-corrected chi connectivity index (χ0v) is 12.0. The van der Waals surface area contributed by atoms with Crippen molar-refractivity contribution in [1.82, 2.24) is 15.1 Å². The van der Waals surface area contributed by atoms with Gasteiger partial charge in [0.05, 0.1) is 0 Å². The van der Waals surface area contributed by atoms with Gasteiger partial charge >= 0.3 is 12.1 Å². The summed E-state index contributed by atoms with van der Waals surface area (Å²) in [6.07, 6.45) is -0.213. The number of carboxylic acids is 1. The maximum atomic E-state index is 10.6. The number of carbonyl (C=O) groups is 1. The quantitative estimate of drug-likeness (QED) is 0.770. The van der Waals surface area contributed by atoms with Crippen LogP contribution in [-0.2, 0) is 11.3 Å². The first kappa shape index (κ1) is 18.9. The number of carboxylic acid groups (broad SMARTS) is 1. The van der Waals surface area contributed by atoms with E-state index in [2.05, 4.69) is 15.1 Å². The normalized spacial score (nSPS) is 10.3. The largest absolute Gasteiger partial charge is 0.490 e. The average Bonchev–Trinajstić information content (AvgIpc) is 2.55. The molecule has 24 heavy (non-hydrogen) atoms.